The molecule has 1 aliphatic carbocycles. The van der Waals surface area contributed by atoms with Crippen LogP contribution in [0.5, 0.6) is 0 Å². The van der Waals surface area contributed by atoms with Crippen molar-refractivity contribution in [2.45, 2.75) is 6.10 Å². The molecule has 2 N–H and O–H groups in total. The second-order valence-corrected chi connectivity index (χ2v) is 3.58. The molecule has 0 aliphatic heterocycles. The first-order valence-corrected chi connectivity index (χ1v) is 4.84. The lowest BCUT2D eigenvalue weighted by molar-refractivity contribution is 0.232. The smallest absolute Gasteiger partial charge is 0.0987 e. The SMILES string of the molecule is OC1C=C(c2cnc[nH]2)c2ccccc21. The molecule has 0 fully saturated rings. The van der Waals surface area contributed by atoms with Crippen molar-refractivity contribution in [3.05, 3.63) is 59.7 Å². The Labute approximate surface area is 87.1 Å². The molecule has 0 saturated carbocycles. The predicted octanol–water partition coefficient (Wildman–Crippen LogP) is 1.89. The van der Waals surface area contributed by atoms with Crippen molar-refractivity contribution in [2.75, 3.05) is 0 Å². The Bertz CT molecular complexity index is 514. The molecule has 1 atom stereocenters. The summed E-state index contributed by atoms with van der Waals surface area (Å²) in [6.07, 6.45) is 4.75. The molecular weight excluding hydrogens is 188 g/mol. The van der Waals surface area contributed by atoms with Crippen LogP contribution in [0.4, 0.5) is 0 Å². The first kappa shape index (κ1) is 8.44. The topological polar surface area (TPSA) is 48.9 Å². The lowest BCUT2D eigenvalue weighted by Crippen LogP contribution is -1.89. The van der Waals surface area contributed by atoms with Crippen molar-refractivity contribution in [1.29, 1.82) is 0 Å². The number of rotatable bonds is 1. The molecule has 1 unspecified atom stereocenters. The number of aromatic amines is 1. The molecule has 0 saturated heterocycles. The van der Waals surface area contributed by atoms with Gasteiger partial charge in [0.2, 0.25) is 0 Å². The molecule has 0 radical (unpaired) electrons. The van der Waals surface area contributed by atoms with Crippen LogP contribution < -0.4 is 0 Å². The van der Waals surface area contributed by atoms with Crippen molar-refractivity contribution < 1.29 is 5.11 Å². The van der Waals surface area contributed by atoms with Gasteiger partial charge in [0.25, 0.3) is 0 Å². The van der Waals surface area contributed by atoms with E-state index in [2.05, 4.69) is 9.97 Å². The van der Waals surface area contributed by atoms with Crippen LogP contribution in [0, 0.1) is 0 Å². The highest BCUT2D eigenvalue weighted by molar-refractivity contribution is 5.83. The van der Waals surface area contributed by atoms with E-state index in [0.717, 1.165) is 22.4 Å². The van der Waals surface area contributed by atoms with E-state index in [1.165, 1.54) is 0 Å². The molecule has 1 heterocycles. The molecule has 15 heavy (non-hydrogen) atoms. The normalized spacial score (nSPS) is 18.7. The zero-order valence-corrected chi connectivity index (χ0v) is 8.01. The summed E-state index contributed by atoms with van der Waals surface area (Å²) in [6, 6.07) is 7.87. The number of aliphatic hydroxyl groups excluding tert-OH is 1. The summed E-state index contributed by atoms with van der Waals surface area (Å²) in [4.78, 5) is 7.04. The van der Waals surface area contributed by atoms with Gasteiger partial charge in [0, 0.05) is 5.57 Å². The van der Waals surface area contributed by atoms with Crippen LogP contribution in [-0.4, -0.2) is 15.1 Å². The number of imidazole rings is 1. The molecule has 0 bridgehead atoms. The summed E-state index contributed by atoms with van der Waals surface area (Å²) in [7, 11) is 0. The summed E-state index contributed by atoms with van der Waals surface area (Å²) >= 11 is 0. The fourth-order valence-electron chi connectivity index (χ4n) is 1.98. The summed E-state index contributed by atoms with van der Waals surface area (Å²) in [5, 5.41) is 9.84. The third kappa shape index (κ3) is 1.21. The Morgan fingerprint density at radius 3 is 2.93 bits per heavy atom. The Morgan fingerprint density at radius 1 is 1.27 bits per heavy atom. The zero-order valence-electron chi connectivity index (χ0n) is 8.01. The maximum atomic E-state index is 9.84. The summed E-state index contributed by atoms with van der Waals surface area (Å²) < 4.78 is 0. The van der Waals surface area contributed by atoms with Gasteiger partial charge in [-0.25, -0.2) is 4.98 Å². The van der Waals surface area contributed by atoms with E-state index < -0.39 is 6.10 Å². The Morgan fingerprint density at radius 2 is 2.13 bits per heavy atom. The number of H-pyrrole nitrogens is 1. The van der Waals surface area contributed by atoms with Crippen LogP contribution in [0.25, 0.3) is 5.57 Å². The van der Waals surface area contributed by atoms with E-state index in [1.807, 2.05) is 30.3 Å². The number of aliphatic hydroxyl groups is 1. The average molecular weight is 198 g/mol. The number of fused-ring (bicyclic) bond motifs is 1. The molecule has 3 rings (SSSR count). The maximum absolute atomic E-state index is 9.84. The van der Waals surface area contributed by atoms with E-state index >= 15 is 0 Å². The third-order valence-corrected chi connectivity index (χ3v) is 2.68. The fraction of sp³-hybridized carbons (Fsp3) is 0.0833. The van der Waals surface area contributed by atoms with Gasteiger partial charge in [-0.05, 0) is 17.2 Å². The maximum Gasteiger partial charge on any atom is 0.0987 e. The first-order chi connectivity index (χ1) is 7.36. The third-order valence-electron chi connectivity index (χ3n) is 2.68. The first-order valence-electron chi connectivity index (χ1n) is 4.84. The second kappa shape index (κ2) is 3.07. The van der Waals surface area contributed by atoms with Crippen molar-refractivity contribution in [2.24, 2.45) is 0 Å². The quantitative estimate of drug-likeness (QED) is 0.735. The van der Waals surface area contributed by atoms with E-state index in [1.54, 1.807) is 12.5 Å². The van der Waals surface area contributed by atoms with Crippen LogP contribution >= 0.6 is 0 Å². The largest absolute Gasteiger partial charge is 0.384 e. The highest BCUT2D eigenvalue weighted by Gasteiger charge is 2.22. The monoisotopic (exact) mass is 198 g/mol. The van der Waals surface area contributed by atoms with Crippen molar-refractivity contribution >= 4 is 5.57 Å². The highest BCUT2D eigenvalue weighted by atomic mass is 16.3. The number of benzene rings is 1. The fourth-order valence-corrected chi connectivity index (χ4v) is 1.98. The minimum absolute atomic E-state index is 0.500. The van der Waals surface area contributed by atoms with E-state index in [9.17, 15) is 5.11 Å². The molecule has 3 heteroatoms. The minimum atomic E-state index is -0.500. The highest BCUT2D eigenvalue weighted by Crippen LogP contribution is 2.36. The summed E-state index contributed by atoms with van der Waals surface area (Å²) in [5.74, 6) is 0. The predicted molar refractivity (Wildman–Crippen MR) is 57.1 cm³/mol. The number of aromatic nitrogens is 2. The molecule has 3 nitrogen and oxygen atoms in total. The molecule has 74 valence electrons. The minimum Gasteiger partial charge on any atom is -0.384 e. The second-order valence-electron chi connectivity index (χ2n) is 3.58. The molecule has 2 aromatic rings. The molecule has 0 amide bonds. The van der Waals surface area contributed by atoms with Gasteiger partial charge in [-0.1, -0.05) is 24.3 Å². The number of hydrogen-bond donors (Lipinski definition) is 2. The van der Waals surface area contributed by atoms with E-state index in [0.29, 0.717) is 0 Å². The zero-order chi connectivity index (χ0) is 10.3. The standard InChI is InChI=1S/C12H10N2O/c15-12-5-10(11-6-13-7-14-11)8-3-1-2-4-9(8)12/h1-7,12,15H,(H,13,14). The van der Waals surface area contributed by atoms with E-state index in [-0.39, 0.29) is 0 Å². The van der Waals surface area contributed by atoms with Crippen molar-refractivity contribution in [3.8, 4) is 0 Å². The van der Waals surface area contributed by atoms with Gasteiger partial charge in [0.05, 0.1) is 24.3 Å². The molecule has 1 aromatic heterocycles. The van der Waals surface area contributed by atoms with Crippen LogP contribution in [-0.2, 0) is 0 Å². The van der Waals surface area contributed by atoms with Gasteiger partial charge in [-0.15, -0.1) is 0 Å². The lowest BCUT2D eigenvalue weighted by atomic mass is 10.0. The number of hydrogen-bond acceptors (Lipinski definition) is 2. The number of nitrogens with one attached hydrogen (secondary N) is 1. The van der Waals surface area contributed by atoms with Gasteiger partial charge in [-0.2, -0.15) is 0 Å². The van der Waals surface area contributed by atoms with Gasteiger partial charge in [0.1, 0.15) is 0 Å². The van der Waals surface area contributed by atoms with E-state index in [4.69, 9.17) is 0 Å². The van der Waals surface area contributed by atoms with Gasteiger partial charge in [0.15, 0.2) is 0 Å². The molecular formula is C12H10N2O. The molecule has 0 spiro atoms. The van der Waals surface area contributed by atoms with Crippen LogP contribution in [0.3, 0.4) is 0 Å². The van der Waals surface area contributed by atoms with Crippen molar-refractivity contribution in [1.82, 2.24) is 9.97 Å². The van der Waals surface area contributed by atoms with Crippen LogP contribution in [0.15, 0.2) is 42.9 Å². The summed E-state index contributed by atoms with van der Waals surface area (Å²) in [5.41, 5.74) is 4.01. The molecule has 1 aromatic carbocycles. The number of nitrogens with zero attached hydrogens (tertiary/aromatic N) is 1. The summed E-state index contributed by atoms with van der Waals surface area (Å²) in [6.45, 7) is 0. The Hall–Kier alpha value is -1.87. The van der Waals surface area contributed by atoms with Crippen LogP contribution in [0.2, 0.25) is 0 Å². The average Bonchev–Trinajstić information content (AvgIpc) is 2.87. The van der Waals surface area contributed by atoms with Gasteiger partial charge >= 0.3 is 0 Å². The Kier molecular flexibility index (Phi) is 1.73. The van der Waals surface area contributed by atoms with Crippen LogP contribution in [0.1, 0.15) is 22.9 Å². The van der Waals surface area contributed by atoms with Gasteiger partial charge in [-0.3, -0.25) is 0 Å². The van der Waals surface area contributed by atoms with Crippen molar-refractivity contribution in [3.63, 3.8) is 0 Å². The van der Waals surface area contributed by atoms with Gasteiger partial charge < -0.3 is 10.1 Å². The Balaban J connectivity index is 2.17. The molecule has 1 aliphatic rings. The lowest BCUT2D eigenvalue weighted by Gasteiger charge is -2.03.